The second-order valence-electron chi connectivity index (χ2n) is 6.50. The van der Waals surface area contributed by atoms with Crippen LogP contribution in [0.2, 0.25) is 5.02 Å². The minimum atomic E-state index is -0.980. The number of benzene rings is 2. The van der Waals surface area contributed by atoms with Crippen molar-refractivity contribution in [2.75, 3.05) is 7.11 Å². The molecular weight excluding hydrogens is 399 g/mol. The van der Waals surface area contributed by atoms with Gasteiger partial charge in [-0.1, -0.05) is 35.9 Å². The molecule has 2 aromatic rings. The molecule has 0 unspecified atom stereocenters. The first-order valence-electron chi connectivity index (χ1n) is 8.92. The summed E-state index contributed by atoms with van der Waals surface area (Å²) in [5.74, 6) is -2.07. The predicted octanol–water partition coefficient (Wildman–Crippen LogP) is 2.43. The molecular formula is C21H22ClFN2O4. The van der Waals surface area contributed by atoms with Gasteiger partial charge in [0, 0.05) is 24.8 Å². The van der Waals surface area contributed by atoms with Crippen molar-refractivity contribution >= 4 is 29.4 Å². The van der Waals surface area contributed by atoms with Crippen molar-refractivity contribution in [2.45, 2.75) is 31.8 Å². The summed E-state index contributed by atoms with van der Waals surface area (Å²) in [6.45, 7) is 1.28. The van der Waals surface area contributed by atoms with E-state index in [2.05, 4.69) is 10.6 Å². The van der Waals surface area contributed by atoms with E-state index in [-0.39, 0.29) is 12.8 Å². The van der Waals surface area contributed by atoms with Gasteiger partial charge in [0.15, 0.2) is 0 Å². The van der Waals surface area contributed by atoms with Crippen LogP contribution in [0.3, 0.4) is 0 Å². The number of carbonyl (C=O) groups is 3. The molecule has 0 aliphatic rings. The standard InChI is InChI=1S/C21H22ClFN2O4/c1-13(26)24-18(12-15-4-3-5-17(23)10-15)20(27)25-19(21(28)29-2)11-14-6-8-16(22)9-7-14/h3-10,18-19H,11-12H2,1-2H3,(H,24,26)(H,25,27)/t18-,19-/m0/s1. The highest BCUT2D eigenvalue weighted by atomic mass is 35.5. The third-order valence-electron chi connectivity index (χ3n) is 4.18. The second kappa shape index (κ2) is 10.6. The first-order valence-corrected chi connectivity index (χ1v) is 9.30. The van der Waals surface area contributed by atoms with Crippen molar-refractivity contribution in [3.63, 3.8) is 0 Å². The molecule has 0 saturated heterocycles. The quantitative estimate of drug-likeness (QED) is 0.642. The molecule has 0 spiro atoms. The molecule has 8 heteroatoms. The zero-order valence-electron chi connectivity index (χ0n) is 16.1. The normalized spacial score (nSPS) is 12.6. The maximum Gasteiger partial charge on any atom is 0.328 e. The minimum Gasteiger partial charge on any atom is -0.467 e. The summed E-state index contributed by atoms with van der Waals surface area (Å²) in [6.07, 6.45) is 0.250. The number of halogens is 2. The van der Waals surface area contributed by atoms with E-state index in [4.69, 9.17) is 16.3 Å². The van der Waals surface area contributed by atoms with E-state index in [1.807, 2.05) is 0 Å². The molecule has 0 aliphatic heterocycles. The van der Waals surface area contributed by atoms with Gasteiger partial charge in [-0.3, -0.25) is 9.59 Å². The van der Waals surface area contributed by atoms with Gasteiger partial charge in [0.1, 0.15) is 17.9 Å². The van der Waals surface area contributed by atoms with Crippen LogP contribution in [0.4, 0.5) is 4.39 Å². The number of rotatable bonds is 8. The van der Waals surface area contributed by atoms with E-state index >= 15 is 0 Å². The Morgan fingerprint density at radius 2 is 1.66 bits per heavy atom. The summed E-state index contributed by atoms with van der Waals surface area (Å²) in [5, 5.41) is 5.70. The van der Waals surface area contributed by atoms with Crippen LogP contribution < -0.4 is 10.6 Å². The SMILES string of the molecule is COC(=O)[C@H](Cc1ccc(Cl)cc1)NC(=O)[C@H](Cc1cccc(F)c1)NC(C)=O. The molecule has 0 saturated carbocycles. The summed E-state index contributed by atoms with van der Waals surface area (Å²) in [4.78, 5) is 36.5. The van der Waals surface area contributed by atoms with E-state index in [0.717, 1.165) is 5.56 Å². The summed E-state index contributed by atoms with van der Waals surface area (Å²) >= 11 is 5.87. The monoisotopic (exact) mass is 420 g/mol. The third-order valence-corrected chi connectivity index (χ3v) is 4.43. The van der Waals surface area contributed by atoms with Gasteiger partial charge in [-0.2, -0.15) is 0 Å². The average Bonchev–Trinajstić information content (AvgIpc) is 2.67. The lowest BCUT2D eigenvalue weighted by atomic mass is 10.0. The van der Waals surface area contributed by atoms with Gasteiger partial charge in [0.05, 0.1) is 7.11 Å². The molecule has 0 bridgehead atoms. The highest BCUT2D eigenvalue weighted by molar-refractivity contribution is 6.30. The summed E-state index contributed by atoms with van der Waals surface area (Å²) in [5.41, 5.74) is 1.30. The van der Waals surface area contributed by atoms with Crippen molar-refractivity contribution in [3.8, 4) is 0 Å². The van der Waals surface area contributed by atoms with Crippen LogP contribution >= 0.6 is 11.6 Å². The maximum atomic E-state index is 13.5. The van der Waals surface area contributed by atoms with E-state index < -0.39 is 35.7 Å². The number of hydrogen-bond acceptors (Lipinski definition) is 4. The molecule has 154 valence electrons. The highest BCUT2D eigenvalue weighted by Gasteiger charge is 2.27. The first-order chi connectivity index (χ1) is 13.8. The average molecular weight is 421 g/mol. The Kier molecular flexibility index (Phi) is 8.15. The molecule has 6 nitrogen and oxygen atoms in total. The van der Waals surface area contributed by atoms with Crippen LogP contribution in [0, 0.1) is 5.82 Å². The Morgan fingerprint density at radius 1 is 1.00 bits per heavy atom. The molecule has 2 atom stereocenters. The Balaban J connectivity index is 2.16. The summed E-state index contributed by atoms with van der Waals surface area (Å²) in [7, 11) is 1.22. The predicted molar refractivity (Wildman–Crippen MR) is 107 cm³/mol. The third kappa shape index (κ3) is 7.19. The number of hydrogen-bond donors (Lipinski definition) is 2. The van der Waals surface area contributed by atoms with Crippen molar-refractivity contribution < 1.29 is 23.5 Å². The maximum absolute atomic E-state index is 13.5. The van der Waals surface area contributed by atoms with Crippen molar-refractivity contribution in [1.29, 1.82) is 0 Å². The van der Waals surface area contributed by atoms with Gasteiger partial charge >= 0.3 is 5.97 Å². The molecule has 0 radical (unpaired) electrons. The molecule has 0 aromatic heterocycles. The fourth-order valence-electron chi connectivity index (χ4n) is 2.82. The zero-order valence-corrected chi connectivity index (χ0v) is 16.8. The molecule has 0 heterocycles. The van der Waals surface area contributed by atoms with E-state index in [9.17, 15) is 18.8 Å². The van der Waals surface area contributed by atoms with Crippen LogP contribution in [-0.4, -0.2) is 37.0 Å². The fraction of sp³-hybridized carbons (Fsp3) is 0.286. The lowest BCUT2D eigenvalue weighted by Crippen LogP contribution is -2.53. The number of methoxy groups -OCH3 is 1. The smallest absolute Gasteiger partial charge is 0.328 e. The lowest BCUT2D eigenvalue weighted by Gasteiger charge is -2.22. The molecule has 2 N–H and O–H groups in total. The molecule has 2 aromatic carbocycles. The Hall–Kier alpha value is -2.93. The van der Waals surface area contributed by atoms with Crippen molar-refractivity contribution in [2.24, 2.45) is 0 Å². The number of ether oxygens (including phenoxy) is 1. The van der Waals surface area contributed by atoms with Gasteiger partial charge in [-0.25, -0.2) is 9.18 Å². The van der Waals surface area contributed by atoms with Crippen molar-refractivity contribution in [1.82, 2.24) is 10.6 Å². The number of nitrogens with one attached hydrogen (secondary N) is 2. The number of carbonyl (C=O) groups excluding carboxylic acids is 3. The zero-order chi connectivity index (χ0) is 21.4. The fourth-order valence-corrected chi connectivity index (χ4v) is 2.94. The van der Waals surface area contributed by atoms with Crippen LogP contribution in [-0.2, 0) is 32.0 Å². The Bertz CT molecular complexity index is 873. The summed E-state index contributed by atoms with van der Waals surface area (Å²) in [6, 6.07) is 10.6. The van der Waals surface area contributed by atoms with Crippen LogP contribution in [0.1, 0.15) is 18.1 Å². The largest absolute Gasteiger partial charge is 0.467 e. The second-order valence-corrected chi connectivity index (χ2v) is 6.94. The lowest BCUT2D eigenvalue weighted by molar-refractivity contribution is -0.145. The first kappa shape index (κ1) is 22.4. The van der Waals surface area contributed by atoms with E-state index in [1.54, 1.807) is 30.3 Å². The van der Waals surface area contributed by atoms with Gasteiger partial charge in [0.2, 0.25) is 11.8 Å². The van der Waals surface area contributed by atoms with Gasteiger partial charge in [0.25, 0.3) is 0 Å². The summed E-state index contributed by atoms with van der Waals surface area (Å²) < 4.78 is 18.2. The minimum absolute atomic E-state index is 0.0675. The van der Waals surface area contributed by atoms with Crippen LogP contribution in [0.25, 0.3) is 0 Å². The Labute approximate surface area is 173 Å². The Morgan fingerprint density at radius 3 is 2.24 bits per heavy atom. The molecule has 2 amide bonds. The highest BCUT2D eigenvalue weighted by Crippen LogP contribution is 2.12. The molecule has 0 aliphatic carbocycles. The van der Waals surface area contributed by atoms with Crippen LogP contribution in [0.15, 0.2) is 48.5 Å². The van der Waals surface area contributed by atoms with Gasteiger partial charge in [-0.05, 0) is 35.4 Å². The van der Waals surface area contributed by atoms with E-state index in [0.29, 0.717) is 10.6 Å². The molecule has 29 heavy (non-hydrogen) atoms. The molecule has 2 rings (SSSR count). The number of amides is 2. The topological polar surface area (TPSA) is 84.5 Å². The van der Waals surface area contributed by atoms with Gasteiger partial charge < -0.3 is 15.4 Å². The van der Waals surface area contributed by atoms with E-state index in [1.165, 1.54) is 32.2 Å². The van der Waals surface area contributed by atoms with Crippen molar-refractivity contribution in [3.05, 3.63) is 70.5 Å². The van der Waals surface area contributed by atoms with Gasteiger partial charge in [-0.15, -0.1) is 0 Å². The number of esters is 1. The van der Waals surface area contributed by atoms with Crippen LogP contribution in [0.5, 0.6) is 0 Å². The molecule has 0 fully saturated rings.